The summed E-state index contributed by atoms with van der Waals surface area (Å²) in [6.07, 6.45) is 23.8. The molecule has 0 aromatic carbocycles. The number of carbonyl (C=O) groups excluding carboxylic acids is 2. The third kappa shape index (κ3) is 14.6. The Kier molecular flexibility index (Phi) is 16.4. The number of ether oxygens (including phenoxy) is 2. The van der Waals surface area contributed by atoms with Gasteiger partial charge in [0.05, 0.1) is 6.61 Å². The fraction of sp³-hybridized carbons (Fsp3) is 0.846. The molecule has 1 saturated carbocycles. The Morgan fingerprint density at radius 2 is 1.23 bits per heavy atom. The lowest BCUT2D eigenvalue weighted by atomic mass is 10.0. The van der Waals surface area contributed by atoms with Crippen molar-refractivity contribution in [2.45, 2.75) is 129 Å². The summed E-state index contributed by atoms with van der Waals surface area (Å²) in [5, 5.41) is 0. The Hall–Kier alpha value is -1.32. The van der Waals surface area contributed by atoms with Crippen molar-refractivity contribution >= 4 is 11.9 Å². The zero-order valence-corrected chi connectivity index (χ0v) is 19.7. The first-order valence-corrected chi connectivity index (χ1v) is 12.7. The standard InChI is InChI=1S/C26H46O4/c1-3-4-5-6-7-8-9-10-11-12-13-14-17-22-29-25(27)20-21-26(28)30-23(2)24-18-15-16-19-24/h20-21,23-24H,3-19,22H2,1-2H3/b21-20+. The molecule has 0 aromatic rings. The zero-order chi connectivity index (χ0) is 21.9. The van der Waals surface area contributed by atoms with E-state index in [9.17, 15) is 9.59 Å². The second kappa shape index (κ2) is 18.4. The highest BCUT2D eigenvalue weighted by Gasteiger charge is 2.23. The van der Waals surface area contributed by atoms with Gasteiger partial charge in [0.15, 0.2) is 0 Å². The van der Waals surface area contributed by atoms with Gasteiger partial charge in [0.25, 0.3) is 0 Å². The lowest BCUT2D eigenvalue weighted by molar-refractivity contribution is -0.145. The molecule has 4 nitrogen and oxygen atoms in total. The van der Waals surface area contributed by atoms with Gasteiger partial charge in [-0.3, -0.25) is 0 Å². The highest BCUT2D eigenvalue weighted by molar-refractivity contribution is 5.91. The third-order valence-electron chi connectivity index (χ3n) is 6.21. The minimum absolute atomic E-state index is 0.0773. The van der Waals surface area contributed by atoms with Crippen LogP contribution in [0.1, 0.15) is 123 Å². The zero-order valence-electron chi connectivity index (χ0n) is 19.7. The third-order valence-corrected chi connectivity index (χ3v) is 6.21. The molecule has 174 valence electrons. The summed E-state index contributed by atoms with van der Waals surface area (Å²) in [5.74, 6) is -0.448. The SMILES string of the molecule is CCCCCCCCCCCCCCCOC(=O)/C=C/C(=O)OC(C)C1CCCC1. The molecule has 1 rings (SSSR count). The first-order chi connectivity index (χ1) is 14.6. The van der Waals surface area contributed by atoms with Crippen LogP contribution < -0.4 is 0 Å². The van der Waals surface area contributed by atoms with Crippen LogP contribution in [0.15, 0.2) is 12.2 Å². The lowest BCUT2D eigenvalue weighted by Crippen LogP contribution is -2.21. The van der Waals surface area contributed by atoms with Crippen LogP contribution in [-0.4, -0.2) is 24.6 Å². The molecule has 1 unspecified atom stereocenters. The predicted molar refractivity (Wildman–Crippen MR) is 123 cm³/mol. The maximum Gasteiger partial charge on any atom is 0.331 e. The van der Waals surface area contributed by atoms with Crippen molar-refractivity contribution in [1.29, 1.82) is 0 Å². The molecule has 0 saturated heterocycles. The summed E-state index contributed by atoms with van der Waals surface area (Å²) < 4.78 is 10.5. The maximum atomic E-state index is 11.8. The number of unbranched alkanes of at least 4 members (excludes halogenated alkanes) is 12. The summed E-state index contributed by atoms with van der Waals surface area (Å²) in [7, 11) is 0. The molecule has 1 aliphatic carbocycles. The van der Waals surface area contributed by atoms with Gasteiger partial charge in [-0.2, -0.15) is 0 Å². The number of esters is 2. The van der Waals surface area contributed by atoms with Crippen LogP contribution in [0.5, 0.6) is 0 Å². The Bertz CT molecular complexity index is 466. The van der Waals surface area contributed by atoms with Gasteiger partial charge in [0.2, 0.25) is 0 Å². The summed E-state index contributed by atoms with van der Waals surface area (Å²) in [6, 6.07) is 0. The van der Waals surface area contributed by atoms with Crippen LogP contribution in [0.4, 0.5) is 0 Å². The molecule has 0 aromatic heterocycles. The van der Waals surface area contributed by atoms with Crippen molar-refractivity contribution in [3.05, 3.63) is 12.2 Å². The number of rotatable bonds is 18. The molecule has 0 bridgehead atoms. The Morgan fingerprint density at radius 3 is 1.77 bits per heavy atom. The van der Waals surface area contributed by atoms with Crippen molar-refractivity contribution in [2.75, 3.05) is 6.61 Å². The van der Waals surface area contributed by atoms with Gasteiger partial charge >= 0.3 is 11.9 Å². The van der Waals surface area contributed by atoms with E-state index in [1.54, 1.807) is 0 Å². The molecule has 0 radical (unpaired) electrons. The number of carbonyl (C=O) groups is 2. The smallest absolute Gasteiger partial charge is 0.331 e. The topological polar surface area (TPSA) is 52.6 Å². The fourth-order valence-corrected chi connectivity index (χ4v) is 4.22. The van der Waals surface area contributed by atoms with Crippen LogP contribution in [0, 0.1) is 5.92 Å². The lowest BCUT2D eigenvalue weighted by Gasteiger charge is -2.18. The highest BCUT2D eigenvalue weighted by Crippen LogP contribution is 2.29. The molecule has 0 spiro atoms. The Morgan fingerprint density at radius 1 is 0.767 bits per heavy atom. The van der Waals surface area contributed by atoms with Crippen molar-refractivity contribution < 1.29 is 19.1 Å². The van der Waals surface area contributed by atoms with Gasteiger partial charge in [-0.15, -0.1) is 0 Å². The molecule has 1 aliphatic rings. The molecular weight excluding hydrogens is 376 g/mol. The van der Waals surface area contributed by atoms with E-state index < -0.39 is 11.9 Å². The van der Waals surface area contributed by atoms with Crippen LogP contribution >= 0.6 is 0 Å². The van der Waals surface area contributed by atoms with Gasteiger partial charge in [-0.25, -0.2) is 9.59 Å². The van der Waals surface area contributed by atoms with Gasteiger partial charge in [-0.05, 0) is 32.1 Å². The average Bonchev–Trinajstić information content (AvgIpc) is 3.27. The first-order valence-electron chi connectivity index (χ1n) is 12.7. The predicted octanol–water partition coefficient (Wildman–Crippen LogP) is 7.30. The summed E-state index contributed by atoms with van der Waals surface area (Å²) in [5.41, 5.74) is 0. The van der Waals surface area contributed by atoms with Crippen molar-refractivity contribution in [3.63, 3.8) is 0 Å². The van der Waals surface area contributed by atoms with E-state index >= 15 is 0 Å². The van der Waals surface area contributed by atoms with E-state index in [0.29, 0.717) is 12.5 Å². The van der Waals surface area contributed by atoms with Gasteiger partial charge < -0.3 is 9.47 Å². The summed E-state index contributed by atoms with van der Waals surface area (Å²) >= 11 is 0. The summed E-state index contributed by atoms with van der Waals surface area (Å²) in [6.45, 7) is 4.63. The van der Waals surface area contributed by atoms with Crippen LogP contribution in [-0.2, 0) is 19.1 Å². The van der Waals surface area contributed by atoms with Crippen LogP contribution in [0.3, 0.4) is 0 Å². The number of hydrogen-bond donors (Lipinski definition) is 0. The Labute approximate surface area is 185 Å². The fourth-order valence-electron chi connectivity index (χ4n) is 4.22. The van der Waals surface area contributed by atoms with E-state index in [0.717, 1.165) is 25.7 Å². The average molecular weight is 423 g/mol. The van der Waals surface area contributed by atoms with Crippen molar-refractivity contribution in [3.8, 4) is 0 Å². The van der Waals surface area contributed by atoms with Crippen molar-refractivity contribution in [2.24, 2.45) is 5.92 Å². The van der Waals surface area contributed by atoms with Gasteiger partial charge in [0, 0.05) is 12.2 Å². The molecule has 0 N–H and O–H groups in total. The second-order valence-electron chi connectivity index (χ2n) is 8.93. The van der Waals surface area contributed by atoms with E-state index in [2.05, 4.69) is 6.92 Å². The largest absolute Gasteiger partial charge is 0.463 e. The molecule has 0 aliphatic heterocycles. The van der Waals surface area contributed by atoms with E-state index in [1.807, 2.05) is 6.92 Å². The normalized spacial score (nSPS) is 15.5. The minimum atomic E-state index is -0.459. The molecule has 30 heavy (non-hydrogen) atoms. The highest BCUT2D eigenvalue weighted by atomic mass is 16.5. The van der Waals surface area contributed by atoms with Crippen molar-refractivity contribution in [1.82, 2.24) is 0 Å². The molecular formula is C26H46O4. The quantitative estimate of drug-likeness (QED) is 0.132. The maximum absolute atomic E-state index is 11.8. The minimum Gasteiger partial charge on any atom is -0.463 e. The molecule has 0 heterocycles. The van der Waals surface area contributed by atoms with E-state index in [4.69, 9.17) is 9.47 Å². The molecule has 4 heteroatoms. The Balaban J connectivity index is 1.88. The van der Waals surface area contributed by atoms with Gasteiger partial charge in [-0.1, -0.05) is 96.8 Å². The monoisotopic (exact) mass is 422 g/mol. The van der Waals surface area contributed by atoms with Gasteiger partial charge in [0.1, 0.15) is 6.10 Å². The molecule has 0 amide bonds. The first kappa shape index (κ1) is 26.7. The number of hydrogen-bond acceptors (Lipinski definition) is 4. The molecule has 1 fully saturated rings. The van der Waals surface area contributed by atoms with E-state index in [-0.39, 0.29) is 6.10 Å². The van der Waals surface area contributed by atoms with E-state index in [1.165, 1.54) is 95.6 Å². The van der Waals surface area contributed by atoms with Crippen LogP contribution in [0.25, 0.3) is 0 Å². The van der Waals surface area contributed by atoms with Crippen LogP contribution in [0.2, 0.25) is 0 Å². The summed E-state index contributed by atoms with van der Waals surface area (Å²) in [4.78, 5) is 23.5. The second-order valence-corrected chi connectivity index (χ2v) is 8.93. The molecule has 1 atom stereocenters.